The molecule has 25 heavy (non-hydrogen) atoms. The SMILES string of the molecule is COc1ccc(CC[C@@H](C)c2cccc(OCC(=O)O)c2)cc1OC. The zero-order chi connectivity index (χ0) is 18.2. The number of ether oxygens (including phenoxy) is 3. The Bertz CT molecular complexity index is 711. The summed E-state index contributed by atoms with van der Waals surface area (Å²) in [6.07, 6.45) is 1.86. The van der Waals surface area contributed by atoms with Crippen molar-refractivity contribution in [2.75, 3.05) is 20.8 Å². The molecule has 2 aromatic rings. The third-order valence-corrected chi connectivity index (χ3v) is 4.10. The molecule has 2 aromatic carbocycles. The van der Waals surface area contributed by atoms with E-state index in [-0.39, 0.29) is 6.61 Å². The molecule has 0 fully saturated rings. The lowest BCUT2D eigenvalue weighted by Gasteiger charge is -2.14. The van der Waals surface area contributed by atoms with E-state index in [0.29, 0.717) is 11.7 Å². The molecule has 0 heterocycles. The van der Waals surface area contributed by atoms with Crippen molar-refractivity contribution in [2.24, 2.45) is 0 Å². The molecule has 5 nitrogen and oxygen atoms in total. The Morgan fingerprint density at radius 3 is 2.52 bits per heavy atom. The summed E-state index contributed by atoms with van der Waals surface area (Å²) in [7, 11) is 3.26. The summed E-state index contributed by atoms with van der Waals surface area (Å²) in [6, 6.07) is 13.6. The van der Waals surface area contributed by atoms with Crippen LogP contribution in [-0.4, -0.2) is 31.9 Å². The van der Waals surface area contributed by atoms with Crippen LogP contribution in [0.3, 0.4) is 0 Å². The molecule has 2 rings (SSSR count). The van der Waals surface area contributed by atoms with Gasteiger partial charge in [-0.05, 0) is 54.2 Å². The maximum atomic E-state index is 10.6. The van der Waals surface area contributed by atoms with Crippen LogP contribution >= 0.6 is 0 Å². The summed E-state index contributed by atoms with van der Waals surface area (Å²) >= 11 is 0. The van der Waals surface area contributed by atoms with E-state index in [2.05, 4.69) is 6.92 Å². The molecule has 0 saturated carbocycles. The Morgan fingerprint density at radius 2 is 1.84 bits per heavy atom. The average Bonchev–Trinajstić information content (AvgIpc) is 2.64. The fourth-order valence-electron chi connectivity index (χ4n) is 2.64. The van der Waals surface area contributed by atoms with E-state index in [4.69, 9.17) is 19.3 Å². The van der Waals surface area contributed by atoms with E-state index in [1.165, 1.54) is 5.56 Å². The Hall–Kier alpha value is -2.69. The highest BCUT2D eigenvalue weighted by Gasteiger charge is 2.10. The van der Waals surface area contributed by atoms with Gasteiger partial charge in [-0.25, -0.2) is 4.79 Å². The molecule has 0 bridgehead atoms. The number of aliphatic carboxylic acids is 1. The molecule has 0 aliphatic heterocycles. The van der Waals surface area contributed by atoms with Crippen LogP contribution in [0.2, 0.25) is 0 Å². The maximum absolute atomic E-state index is 10.6. The van der Waals surface area contributed by atoms with E-state index in [1.807, 2.05) is 36.4 Å². The molecule has 0 unspecified atom stereocenters. The van der Waals surface area contributed by atoms with Gasteiger partial charge in [0.05, 0.1) is 14.2 Å². The first kappa shape index (κ1) is 18.6. The molecule has 0 saturated heterocycles. The Morgan fingerprint density at radius 1 is 1.08 bits per heavy atom. The Kier molecular flexibility index (Phi) is 6.69. The zero-order valence-electron chi connectivity index (χ0n) is 14.8. The standard InChI is InChI=1S/C20H24O5/c1-14(16-5-4-6-17(12-16)25-13-20(21)22)7-8-15-9-10-18(23-2)19(11-15)24-3/h4-6,9-12,14H,7-8,13H2,1-3H3,(H,21,22)/t14-/m1/s1. The lowest BCUT2D eigenvalue weighted by Crippen LogP contribution is -2.09. The van der Waals surface area contributed by atoms with Crippen molar-refractivity contribution in [1.82, 2.24) is 0 Å². The molecular formula is C20H24O5. The largest absolute Gasteiger partial charge is 0.493 e. The predicted octanol–water partition coefficient (Wildman–Crippen LogP) is 3.90. The highest BCUT2D eigenvalue weighted by molar-refractivity contribution is 5.68. The predicted molar refractivity (Wildman–Crippen MR) is 95.9 cm³/mol. The summed E-state index contributed by atoms with van der Waals surface area (Å²) in [5.41, 5.74) is 2.31. The molecule has 0 amide bonds. The van der Waals surface area contributed by atoms with Crippen LogP contribution in [0.15, 0.2) is 42.5 Å². The normalized spacial score (nSPS) is 11.6. The summed E-state index contributed by atoms with van der Waals surface area (Å²) < 4.78 is 15.8. The van der Waals surface area contributed by atoms with E-state index in [9.17, 15) is 4.79 Å². The highest BCUT2D eigenvalue weighted by Crippen LogP contribution is 2.30. The van der Waals surface area contributed by atoms with Gasteiger partial charge in [0.25, 0.3) is 0 Å². The number of benzene rings is 2. The number of aryl methyl sites for hydroxylation is 1. The fraction of sp³-hybridized carbons (Fsp3) is 0.350. The zero-order valence-corrected chi connectivity index (χ0v) is 14.8. The minimum atomic E-state index is -0.980. The summed E-state index contributed by atoms with van der Waals surface area (Å²) in [5, 5.41) is 8.70. The number of carbonyl (C=O) groups is 1. The third-order valence-electron chi connectivity index (χ3n) is 4.10. The van der Waals surface area contributed by atoms with Crippen molar-refractivity contribution in [3.63, 3.8) is 0 Å². The van der Waals surface area contributed by atoms with Crippen LogP contribution in [-0.2, 0) is 11.2 Å². The van der Waals surface area contributed by atoms with Crippen molar-refractivity contribution in [3.8, 4) is 17.2 Å². The maximum Gasteiger partial charge on any atom is 0.341 e. The minimum absolute atomic E-state index is 0.321. The van der Waals surface area contributed by atoms with Gasteiger partial charge in [-0.2, -0.15) is 0 Å². The van der Waals surface area contributed by atoms with Crippen LogP contribution < -0.4 is 14.2 Å². The van der Waals surface area contributed by atoms with Gasteiger partial charge in [0.2, 0.25) is 0 Å². The molecule has 5 heteroatoms. The number of carboxylic acids is 1. The second-order valence-electron chi connectivity index (χ2n) is 5.88. The lowest BCUT2D eigenvalue weighted by atomic mass is 9.94. The van der Waals surface area contributed by atoms with E-state index >= 15 is 0 Å². The molecule has 0 aliphatic rings. The lowest BCUT2D eigenvalue weighted by molar-refractivity contribution is -0.139. The van der Waals surface area contributed by atoms with E-state index in [1.54, 1.807) is 20.3 Å². The van der Waals surface area contributed by atoms with Crippen LogP contribution in [0.25, 0.3) is 0 Å². The Balaban J connectivity index is 1.99. The van der Waals surface area contributed by atoms with Crippen molar-refractivity contribution in [2.45, 2.75) is 25.7 Å². The smallest absolute Gasteiger partial charge is 0.341 e. The number of hydrogen-bond donors (Lipinski definition) is 1. The van der Waals surface area contributed by atoms with Gasteiger partial charge < -0.3 is 19.3 Å². The molecule has 0 aromatic heterocycles. The second-order valence-corrected chi connectivity index (χ2v) is 5.88. The van der Waals surface area contributed by atoms with Gasteiger partial charge >= 0.3 is 5.97 Å². The van der Waals surface area contributed by atoms with Crippen LogP contribution in [0.4, 0.5) is 0 Å². The van der Waals surface area contributed by atoms with Crippen LogP contribution in [0, 0.1) is 0 Å². The molecular weight excluding hydrogens is 320 g/mol. The van der Waals surface area contributed by atoms with Gasteiger partial charge in [0.1, 0.15) is 5.75 Å². The van der Waals surface area contributed by atoms with Gasteiger partial charge in [-0.3, -0.25) is 0 Å². The number of carboxylic acid groups (broad SMARTS) is 1. The van der Waals surface area contributed by atoms with Crippen molar-refractivity contribution in [1.29, 1.82) is 0 Å². The molecule has 0 spiro atoms. The third kappa shape index (κ3) is 5.41. The number of hydrogen-bond acceptors (Lipinski definition) is 4. The van der Waals surface area contributed by atoms with E-state index < -0.39 is 5.97 Å². The van der Waals surface area contributed by atoms with Crippen molar-refractivity contribution < 1.29 is 24.1 Å². The summed E-state index contributed by atoms with van der Waals surface area (Å²) in [6.45, 7) is 1.82. The quantitative estimate of drug-likeness (QED) is 0.747. The first-order valence-corrected chi connectivity index (χ1v) is 8.19. The van der Waals surface area contributed by atoms with E-state index in [0.717, 1.165) is 29.9 Å². The van der Waals surface area contributed by atoms with Gasteiger partial charge in [0.15, 0.2) is 18.1 Å². The minimum Gasteiger partial charge on any atom is -0.493 e. The molecule has 0 aliphatic carbocycles. The van der Waals surface area contributed by atoms with Crippen molar-refractivity contribution in [3.05, 3.63) is 53.6 Å². The first-order chi connectivity index (χ1) is 12.0. The summed E-state index contributed by atoms with van der Waals surface area (Å²) in [4.78, 5) is 10.6. The monoisotopic (exact) mass is 344 g/mol. The van der Waals surface area contributed by atoms with Gasteiger partial charge in [-0.15, -0.1) is 0 Å². The van der Waals surface area contributed by atoms with Crippen LogP contribution in [0.1, 0.15) is 30.4 Å². The highest BCUT2D eigenvalue weighted by atomic mass is 16.5. The summed E-state index contributed by atoms with van der Waals surface area (Å²) in [5.74, 6) is 1.38. The Labute approximate surface area is 148 Å². The molecule has 0 radical (unpaired) electrons. The molecule has 1 N–H and O–H groups in total. The molecule has 1 atom stereocenters. The number of methoxy groups -OCH3 is 2. The van der Waals surface area contributed by atoms with Gasteiger partial charge in [0, 0.05) is 0 Å². The van der Waals surface area contributed by atoms with Gasteiger partial charge in [-0.1, -0.05) is 25.1 Å². The van der Waals surface area contributed by atoms with Crippen LogP contribution in [0.5, 0.6) is 17.2 Å². The average molecular weight is 344 g/mol. The fourth-order valence-corrected chi connectivity index (χ4v) is 2.64. The first-order valence-electron chi connectivity index (χ1n) is 8.19. The number of rotatable bonds is 9. The van der Waals surface area contributed by atoms with Crippen molar-refractivity contribution >= 4 is 5.97 Å². The second kappa shape index (κ2) is 8.97. The molecule has 134 valence electrons. The topological polar surface area (TPSA) is 65.0 Å².